The van der Waals surface area contributed by atoms with E-state index in [-0.39, 0.29) is 5.92 Å². The molecule has 3 nitrogen and oxygen atoms in total. The molecule has 84 valence electrons. The van der Waals surface area contributed by atoms with Gasteiger partial charge in [0.15, 0.2) is 0 Å². The van der Waals surface area contributed by atoms with Crippen molar-refractivity contribution >= 4 is 6.41 Å². The molecule has 1 amide bonds. The lowest BCUT2D eigenvalue weighted by molar-refractivity contribution is -0.108. The number of rotatable bonds is 3. The fourth-order valence-electron chi connectivity index (χ4n) is 2.18. The van der Waals surface area contributed by atoms with Gasteiger partial charge in [-0.15, -0.1) is 0 Å². The molecule has 2 unspecified atom stereocenters. The first-order valence-corrected chi connectivity index (χ1v) is 5.45. The fourth-order valence-corrected chi connectivity index (χ4v) is 2.18. The molecule has 0 saturated carbocycles. The summed E-state index contributed by atoms with van der Waals surface area (Å²) in [5, 5.41) is 12.6. The summed E-state index contributed by atoms with van der Waals surface area (Å²) in [5.41, 5.74) is 2.23. The molecule has 0 radical (unpaired) electrons. The molecule has 0 spiro atoms. The second kappa shape index (κ2) is 4.94. The average Bonchev–Trinajstić information content (AvgIpc) is 2.33. The van der Waals surface area contributed by atoms with Crippen molar-refractivity contribution in [1.29, 1.82) is 0 Å². The minimum Gasteiger partial charge on any atom is -0.388 e. The van der Waals surface area contributed by atoms with Gasteiger partial charge in [0.05, 0.1) is 6.10 Å². The summed E-state index contributed by atoms with van der Waals surface area (Å²) in [6, 6.07) is 7.96. The molecule has 16 heavy (non-hydrogen) atoms. The third kappa shape index (κ3) is 2.14. The van der Waals surface area contributed by atoms with E-state index in [4.69, 9.17) is 0 Å². The van der Waals surface area contributed by atoms with Gasteiger partial charge in [0.2, 0.25) is 6.41 Å². The SMILES string of the molecule is O=CNC=CC1CCc2ccccc2C1O. The van der Waals surface area contributed by atoms with Crippen LogP contribution in [0, 0.1) is 5.92 Å². The summed E-state index contributed by atoms with van der Waals surface area (Å²) in [7, 11) is 0. The van der Waals surface area contributed by atoms with Crippen molar-refractivity contribution in [3.8, 4) is 0 Å². The van der Waals surface area contributed by atoms with E-state index in [1.54, 1.807) is 6.20 Å². The summed E-state index contributed by atoms with van der Waals surface area (Å²) in [4.78, 5) is 10.1. The van der Waals surface area contributed by atoms with Crippen molar-refractivity contribution < 1.29 is 9.90 Å². The first kappa shape index (κ1) is 10.9. The molecular weight excluding hydrogens is 202 g/mol. The van der Waals surface area contributed by atoms with Gasteiger partial charge in [-0.1, -0.05) is 30.3 Å². The normalized spacial score (nSPS) is 24.1. The molecule has 1 aromatic carbocycles. The van der Waals surface area contributed by atoms with E-state index in [2.05, 4.69) is 11.4 Å². The summed E-state index contributed by atoms with van der Waals surface area (Å²) in [5.74, 6) is 0.0855. The van der Waals surface area contributed by atoms with Gasteiger partial charge in [-0.2, -0.15) is 0 Å². The van der Waals surface area contributed by atoms with Crippen molar-refractivity contribution in [2.75, 3.05) is 0 Å². The number of carbonyl (C=O) groups excluding carboxylic acids is 1. The van der Waals surface area contributed by atoms with Gasteiger partial charge in [0, 0.05) is 5.92 Å². The Hall–Kier alpha value is -1.61. The van der Waals surface area contributed by atoms with Crippen molar-refractivity contribution in [2.24, 2.45) is 5.92 Å². The molecule has 3 heteroatoms. The second-order valence-electron chi connectivity index (χ2n) is 3.99. The van der Waals surface area contributed by atoms with Crippen LogP contribution in [-0.2, 0) is 11.2 Å². The molecule has 2 rings (SSSR count). The highest BCUT2D eigenvalue weighted by Crippen LogP contribution is 2.34. The van der Waals surface area contributed by atoms with Gasteiger partial charge < -0.3 is 10.4 Å². The molecular formula is C13H15NO2. The fraction of sp³-hybridized carbons (Fsp3) is 0.308. The maximum atomic E-state index is 10.2. The standard InChI is InChI=1S/C13H15NO2/c15-9-14-8-7-11-6-5-10-3-1-2-4-12(10)13(11)16/h1-4,7-9,11,13,16H,5-6H2,(H,14,15). The van der Waals surface area contributed by atoms with Gasteiger partial charge in [0.25, 0.3) is 0 Å². The number of amides is 1. The zero-order valence-electron chi connectivity index (χ0n) is 8.97. The largest absolute Gasteiger partial charge is 0.388 e. The molecule has 2 N–H and O–H groups in total. The van der Waals surface area contributed by atoms with E-state index in [9.17, 15) is 9.90 Å². The van der Waals surface area contributed by atoms with E-state index >= 15 is 0 Å². The monoisotopic (exact) mass is 217 g/mol. The summed E-state index contributed by atoms with van der Waals surface area (Å²) >= 11 is 0. The van der Waals surface area contributed by atoms with Gasteiger partial charge in [-0.3, -0.25) is 4.79 Å². The Labute approximate surface area is 94.8 Å². The molecule has 0 bridgehead atoms. The van der Waals surface area contributed by atoms with E-state index in [0.717, 1.165) is 18.4 Å². The minimum absolute atomic E-state index is 0.0855. The molecule has 1 aliphatic carbocycles. The highest BCUT2D eigenvalue weighted by Gasteiger charge is 2.25. The molecule has 0 saturated heterocycles. The highest BCUT2D eigenvalue weighted by molar-refractivity contribution is 5.47. The number of aliphatic hydroxyl groups is 1. The van der Waals surface area contributed by atoms with Crippen molar-refractivity contribution in [3.63, 3.8) is 0 Å². The Kier molecular flexibility index (Phi) is 3.37. The number of nitrogens with one attached hydrogen (secondary N) is 1. The van der Waals surface area contributed by atoms with Crippen LogP contribution in [-0.4, -0.2) is 11.5 Å². The quantitative estimate of drug-likeness (QED) is 0.754. The lowest BCUT2D eigenvalue weighted by Crippen LogP contribution is -2.19. The van der Waals surface area contributed by atoms with Crippen LogP contribution in [0.2, 0.25) is 0 Å². The van der Waals surface area contributed by atoms with E-state index in [1.165, 1.54) is 5.56 Å². The third-order valence-electron chi connectivity index (χ3n) is 3.03. The van der Waals surface area contributed by atoms with Crippen LogP contribution < -0.4 is 5.32 Å². The van der Waals surface area contributed by atoms with Crippen molar-refractivity contribution in [3.05, 3.63) is 47.7 Å². The van der Waals surface area contributed by atoms with Crippen LogP contribution in [0.3, 0.4) is 0 Å². The Bertz CT molecular complexity index is 401. The molecule has 0 heterocycles. The smallest absolute Gasteiger partial charge is 0.211 e. The average molecular weight is 217 g/mol. The molecule has 1 aromatic rings. The molecule has 0 aromatic heterocycles. The van der Waals surface area contributed by atoms with Crippen LogP contribution >= 0.6 is 0 Å². The Balaban J connectivity index is 2.14. The Morgan fingerprint density at radius 1 is 1.38 bits per heavy atom. The number of hydrogen-bond donors (Lipinski definition) is 2. The number of hydrogen-bond acceptors (Lipinski definition) is 2. The summed E-state index contributed by atoms with van der Waals surface area (Å²) in [6.45, 7) is 0. The number of aliphatic hydroxyl groups excluding tert-OH is 1. The predicted molar refractivity (Wildman–Crippen MR) is 61.6 cm³/mol. The van der Waals surface area contributed by atoms with Crippen LogP contribution in [0.25, 0.3) is 0 Å². The van der Waals surface area contributed by atoms with Gasteiger partial charge >= 0.3 is 0 Å². The molecule has 0 fully saturated rings. The first-order valence-electron chi connectivity index (χ1n) is 5.45. The maximum absolute atomic E-state index is 10.2. The Morgan fingerprint density at radius 2 is 2.19 bits per heavy atom. The number of benzene rings is 1. The van der Waals surface area contributed by atoms with E-state index in [1.807, 2.05) is 24.3 Å². The molecule has 2 atom stereocenters. The van der Waals surface area contributed by atoms with Gasteiger partial charge in [0.1, 0.15) is 0 Å². The topological polar surface area (TPSA) is 49.3 Å². The third-order valence-corrected chi connectivity index (χ3v) is 3.03. The zero-order chi connectivity index (χ0) is 11.4. The lowest BCUT2D eigenvalue weighted by atomic mass is 9.81. The number of aryl methyl sites for hydroxylation is 1. The van der Waals surface area contributed by atoms with Crippen molar-refractivity contribution in [2.45, 2.75) is 18.9 Å². The first-order chi connectivity index (χ1) is 7.83. The van der Waals surface area contributed by atoms with Crippen LogP contribution in [0.15, 0.2) is 36.5 Å². The summed E-state index contributed by atoms with van der Waals surface area (Å²) in [6.07, 6.45) is 5.50. The number of carbonyl (C=O) groups is 1. The van der Waals surface area contributed by atoms with Gasteiger partial charge in [-0.25, -0.2) is 0 Å². The van der Waals surface area contributed by atoms with E-state index in [0.29, 0.717) is 6.41 Å². The Morgan fingerprint density at radius 3 is 3.00 bits per heavy atom. The van der Waals surface area contributed by atoms with Gasteiger partial charge in [-0.05, 0) is 30.2 Å². The van der Waals surface area contributed by atoms with E-state index < -0.39 is 6.10 Å². The van der Waals surface area contributed by atoms with Crippen LogP contribution in [0.1, 0.15) is 23.7 Å². The molecule has 1 aliphatic rings. The predicted octanol–water partition coefficient (Wildman–Crippen LogP) is 1.54. The highest BCUT2D eigenvalue weighted by atomic mass is 16.3. The number of fused-ring (bicyclic) bond motifs is 1. The van der Waals surface area contributed by atoms with Crippen molar-refractivity contribution in [1.82, 2.24) is 5.32 Å². The van der Waals surface area contributed by atoms with Crippen LogP contribution in [0.4, 0.5) is 0 Å². The zero-order valence-corrected chi connectivity index (χ0v) is 8.97. The maximum Gasteiger partial charge on any atom is 0.211 e. The molecule has 0 aliphatic heterocycles. The minimum atomic E-state index is -0.463. The lowest BCUT2D eigenvalue weighted by Gasteiger charge is -2.27. The van der Waals surface area contributed by atoms with Crippen LogP contribution in [0.5, 0.6) is 0 Å². The summed E-state index contributed by atoms with van der Waals surface area (Å²) < 4.78 is 0. The second-order valence-corrected chi connectivity index (χ2v) is 3.99.